The van der Waals surface area contributed by atoms with E-state index in [-0.39, 0.29) is 17.4 Å². The number of hydrogen-bond donors (Lipinski definition) is 1. The van der Waals surface area contributed by atoms with Crippen molar-refractivity contribution in [1.82, 2.24) is 15.4 Å². The number of aromatic nitrogens is 1. The van der Waals surface area contributed by atoms with Gasteiger partial charge in [0.2, 0.25) is 0 Å². The molecule has 2 heterocycles. The van der Waals surface area contributed by atoms with Gasteiger partial charge in [0.05, 0.1) is 6.04 Å². The summed E-state index contributed by atoms with van der Waals surface area (Å²) in [6.45, 7) is 14.6. The Bertz CT molecular complexity index is 682. The standard InChI is InChI=1S/C19H29N3O2S/c1-7-22(8-2)14(15-10-9-11-25-15)12-20-18(23)16-13(3)24-21-17(16)19(4,5)6/h9-11,14H,7-8,12H2,1-6H3,(H,20,23). The average molecular weight is 364 g/mol. The van der Waals surface area contributed by atoms with Gasteiger partial charge in [-0.25, -0.2) is 0 Å². The Morgan fingerprint density at radius 1 is 1.36 bits per heavy atom. The lowest BCUT2D eigenvalue weighted by atomic mass is 9.88. The predicted molar refractivity (Wildman–Crippen MR) is 102 cm³/mol. The molecular formula is C19H29N3O2S. The lowest BCUT2D eigenvalue weighted by Gasteiger charge is -2.29. The van der Waals surface area contributed by atoms with Gasteiger partial charge in [0.1, 0.15) is 17.0 Å². The monoisotopic (exact) mass is 363 g/mol. The Morgan fingerprint density at radius 3 is 2.56 bits per heavy atom. The zero-order valence-electron chi connectivity index (χ0n) is 16.0. The van der Waals surface area contributed by atoms with E-state index in [0.717, 1.165) is 13.1 Å². The van der Waals surface area contributed by atoms with Crippen LogP contribution in [-0.4, -0.2) is 35.6 Å². The molecule has 2 aromatic heterocycles. The number of nitrogens with zero attached hydrogens (tertiary/aromatic N) is 2. The number of rotatable bonds is 7. The minimum atomic E-state index is -0.240. The summed E-state index contributed by atoms with van der Waals surface area (Å²) < 4.78 is 5.29. The van der Waals surface area contributed by atoms with Gasteiger partial charge in [0.25, 0.3) is 5.91 Å². The number of hydrogen-bond acceptors (Lipinski definition) is 5. The van der Waals surface area contributed by atoms with E-state index in [1.165, 1.54) is 4.88 Å². The summed E-state index contributed by atoms with van der Waals surface area (Å²) >= 11 is 1.73. The van der Waals surface area contributed by atoms with Gasteiger partial charge in [-0.1, -0.05) is 45.8 Å². The van der Waals surface area contributed by atoms with Gasteiger partial charge in [-0.05, 0) is 31.5 Å². The van der Waals surface area contributed by atoms with Crippen molar-refractivity contribution in [2.45, 2.75) is 53.0 Å². The second-order valence-electron chi connectivity index (χ2n) is 7.17. The molecule has 1 unspecified atom stereocenters. The summed E-state index contributed by atoms with van der Waals surface area (Å²) in [4.78, 5) is 16.5. The zero-order valence-corrected chi connectivity index (χ0v) is 16.9. The number of carbonyl (C=O) groups excluding carboxylic acids is 1. The maximum absolute atomic E-state index is 12.8. The molecule has 1 atom stereocenters. The van der Waals surface area contributed by atoms with E-state index in [1.807, 2.05) is 20.8 Å². The summed E-state index contributed by atoms with van der Waals surface area (Å²) in [5.41, 5.74) is 1.03. The maximum atomic E-state index is 12.8. The molecule has 0 spiro atoms. The van der Waals surface area contributed by atoms with Crippen LogP contribution in [0.2, 0.25) is 0 Å². The van der Waals surface area contributed by atoms with Crippen molar-refractivity contribution in [3.63, 3.8) is 0 Å². The average Bonchev–Trinajstić information content (AvgIpc) is 3.20. The second-order valence-corrected chi connectivity index (χ2v) is 8.15. The molecule has 0 aliphatic carbocycles. The molecule has 1 amide bonds. The van der Waals surface area contributed by atoms with E-state index in [4.69, 9.17) is 4.52 Å². The van der Waals surface area contributed by atoms with E-state index in [9.17, 15) is 4.79 Å². The molecule has 0 bridgehead atoms. The second kappa shape index (κ2) is 8.15. The van der Waals surface area contributed by atoms with Gasteiger partial charge in [-0.2, -0.15) is 0 Å². The first-order valence-corrected chi connectivity index (χ1v) is 9.69. The van der Waals surface area contributed by atoms with Crippen molar-refractivity contribution in [3.05, 3.63) is 39.4 Å². The van der Waals surface area contributed by atoms with Gasteiger partial charge < -0.3 is 9.84 Å². The normalized spacial score (nSPS) is 13.2. The summed E-state index contributed by atoms with van der Waals surface area (Å²) in [6, 6.07) is 4.36. The Labute approximate surface area is 154 Å². The summed E-state index contributed by atoms with van der Waals surface area (Å²) in [5.74, 6) is 0.454. The Kier molecular flexibility index (Phi) is 6.41. The van der Waals surface area contributed by atoms with Crippen LogP contribution in [0.25, 0.3) is 0 Å². The smallest absolute Gasteiger partial charge is 0.256 e. The Morgan fingerprint density at radius 2 is 2.04 bits per heavy atom. The van der Waals surface area contributed by atoms with E-state index in [1.54, 1.807) is 18.3 Å². The summed E-state index contributed by atoms with van der Waals surface area (Å²) in [6.07, 6.45) is 0. The first-order valence-electron chi connectivity index (χ1n) is 8.81. The van der Waals surface area contributed by atoms with Crippen molar-refractivity contribution in [2.75, 3.05) is 19.6 Å². The molecule has 0 radical (unpaired) electrons. The molecule has 0 fully saturated rings. The predicted octanol–water partition coefficient (Wildman–Crippen LogP) is 4.15. The molecule has 138 valence electrons. The quantitative estimate of drug-likeness (QED) is 0.803. The highest BCUT2D eigenvalue weighted by molar-refractivity contribution is 7.10. The summed E-state index contributed by atoms with van der Waals surface area (Å²) in [7, 11) is 0. The minimum absolute atomic E-state index is 0.114. The zero-order chi connectivity index (χ0) is 18.6. The van der Waals surface area contributed by atoms with E-state index >= 15 is 0 Å². The molecule has 1 N–H and O–H groups in total. The third-order valence-electron chi connectivity index (χ3n) is 4.38. The van der Waals surface area contributed by atoms with E-state index in [2.05, 4.69) is 46.7 Å². The highest BCUT2D eigenvalue weighted by atomic mass is 32.1. The largest absolute Gasteiger partial charge is 0.361 e. The van der Waals surface area contributed by atoms with Crippen LogP contribution in [0.4, 0.5) is 0 Å². The molecule has 5 nitrogen and oxygen atoms in total. The van der Waals surface area contributed by atoms with Crippen LogP contribution < -0.4 is 5.32 Å². The fourth-order valence-corrected chi connectivity index (χ4v) is 3.85. The maximum Gasteiger partial charge on any atom is 0.256 e. The van der Waals surface area contributed by atoms with Crippen LogP contribution in [0.5, 0.6) is 0 Å². The van der Waals surface area contributed by atoms with Gasteiger partial charge in [-0.3, -0.25) is 9.69 Å². The number of nitrogens with one attached hydrogen (secondary N) is 1. The number of amides is 1. The number of likely N-dealkylation sites (N-methyl/N-ethyl adjacent to an activating group) is 1. The Hall–Kier alpha value is -1.66. The van der Waals surface area contributed by atoms with Gasteiger partial charge in [-0.15, -0.1) is 11.3 Å². The van der Waals surface area contributed by atoms with E-state index < -0.39 is 0 Å². The van der Waals surface area contributed by atoms with Gasteiger partial charge in [0.15, 0.2) is 0 Å². The highest BCUT2D eigenvalue weighted by Crippen LogP contribution is 2.28. The fourth-order valence-electron chi connectivity index (χ4n) is 2.98. The highest BCUT2D eigenvalue weighted by Gasteiger charge is 2.29. The molecule has 6 heteroatoms. The van der Waals surface area contributed by atoms with Crippen LogP contribution in [0.1, 0.15) is 67.3 Å². The molecule has 25 heavy (non-hydrogen) atoms. The third-order valence-corrected chi connectivity index (χ3v) is 5.35. The number of thiophene rings is 1. The number of aryl methyl sites for hydroxylation is 1. The molecule has 0 aliphatic heterocycles. The van der Waals surface area contributed by atoms with Crippen LogP contribution >= 0.6 is 11.3 Å². The van der Waals surface area contributed by atoms with Crippen molar-refractivity contribution < 1.29 is 9.32 Å². The topological polar surface area (TPSA) is 58.4 Å². The van der Waals surface area contributed by atoms with Crippen LogP contribution in [0.15, 0.2) is 22.0 Å². The van der Waals surface area contributed by atoms with Gasteiger partial charge >= 0.3 is 0 Å². The molecule has 2 rings (SSSR count). The third kappa shape index (κ3) is 4.50. The van der Waals surface area contributed by atoms with Crippen molar-refractivity contribution >= 4 is 17.2 Å². The minimum Gasteiger partial charge on any atom is -0.361 e. The first kappa shape index (κ1) is 19.7. The SMILES string of the molecule is CCN(CC)C(CNC(=O)c1c(C(C)(C)C)noc1C)c1cccs1. The van der Waals surface area contributed by atoms with Crippen molar-refractivity contribution in [1.29, 1.82) is 0 Å². The molecule has 0 aliphatic rings. The Balaban J connectivity index is 2.19. The molecule has 0 saturated carbocycles. The first-order chi connectivity index (χ1) is 11.8. The van der Waals surface area contributed by atoms with Crippen molar-refractivity contribution in [2.24, 2.45) is 0 Å². The van der Waals surface area contributed by atoms with Crippen LogP contribution in [-0.2, 0) is 5.41 Å². The lowest BCUT2D eigenvalue weighted by molar-refractivity contribution is 0.0932. The van der Waals surface area contributed by atoms with Gasteiger partial charge in [0, 0.05) is 16.8 Å². The molecular weight excluding hydrogens is 334 g/mol. The van der Waals surface area contributed by atoms with Crippen LogP contribution in [0, 0.1) is 6.92 Å². The fraction of sp³-hybridized carbons (Fsp3) is 0.579. The van der Waals surface area contributed by atoms with Crippen LogP contribution in [0.3, 0.4) is 0 Å². The van der Waals surface area contributed by atoms with Crippen molar-refractivity contribution in [3.8, 4) is 0 Å². The molecule has 0 saturated heterocycles. The number of carbonyl (C=O) groups is 1. The molecule has 0 aromatic carbocycles. The lowest BCUT2D eigenvalue weighted by Crippen LogP contribution is -2.38. The molecule has 2 aromatic rings. The summed E-state index contributed by atoms with van der Waals surface area (Å²) in [5, 5.41) is 9.29. The van der Waals surface area contributed by atoms with E-state index in [0.29, 0.717) is 23.6 Å².